The van der Waals surface area contributed by atoms with E-state index in [0.29, 0.717) is 0 Å². The van der Waals surface area contributed by atoms with Crippen LogP contribution in [0.1, 0.15) is 19.4 Å². The third-order valence-corrected chi connectivity index (χ3v) is 1.43. The number of carbonyl (C=O) groups excluding carboxylic acids is 1. The number of halogens is 1. The van der Waals surface area contributed by atoms with Crippen LogP contribution < -0.4 is 0 Å². The molecule has 0 spiro atoms. The Bertz CT molecular complexity index is 235. The fourth-order valence-electron chi connectivity index (χ4n) is 0.696. The van der Waals surface area contributed by atoms with Gasteiger partial charge in [-0.1, -0.05) is 0 Å². The average molecular weight is 175 g/mol. The van der Waals surface area contributed by atoms with Crippen molar-refractivity contribution in [2.45, 2.75) is 19.4 Å². The Labute approximate surface area is 68.3 Å². The van der Waals surface area contributed by atoms with E-state index in [4.69, 9.17) is 11.6 Å². The maximum Gasteiger partial charge on any atom is 0.223 e. The third-order valence-electron chi connectivity index (χ3n) is 1.27. The van der Waals surface area contributed by atoms with Crippen molar-refractivity contribution in [3.05, 3.63) is 6.33 Å². The molecular formula is C5H7ClN4O. The number of hydrogen-bond acceptors (Lipinski definition) is 4. The van der Waals surface area contributed by atoms with E-state index in [2.05, 4.69) is 15.5 Å². The minimum atomic E-state index is -0.381. The van der Waals surface area contributed by atoms with Crippen LogP contribution in [0.2, 0.25) is 0 Å². The number of nitrogens with zero attached hydrogens (tertiary/aromatic N) is 4. The van der Waals surface area contributed by atoms with Crippen molar-refractivity contribution < 1.29 is 4.79 Å². The molecule has 5 nitrogen and oxygen atoms in total. The summed E-state index contributed by atoms with van der Waals surface area (Å²) in [6.45, 7) is 1.82. The van der Waals surface area contributed by atoms with Crippen molar-refractivity contribution in [3.8, 4) is 0 Å². The predicted octanol–water partition coefficient (Wildman–Crippen LogP) is 0.390. The summed E-state index contributed by atoms with van der Waals surface area (Å²) < 4.78 is 1.49. The Balaban J connectivity index is 2.56. The van der Waals surface area contributed by atoms with Crippen LogP contribution in [0.5, 0.6) is 0 Å². The fraction of sp³-hybridized carbons (Fsp3) is 0.600. The summed E-state index contributed by atoms with van der Waals surface area (Å²) in [5.74, 6) is 0. The molecule has 11 heavy (non-hydrogen) atoms. The lowest BCUT2D eigenvalue weighted by atomic mass is 10.3. The Kier molecular flexibility index (Phi) is 2.53. The van der Waals surface area contributed by atoms with Crippen molar-refractivity contribution in [1.29, 1.82) is 0 Å². The predicted molar refractivity (Wildman–Crippen MR) is 38.0 cm³/mol. The molecule has 0 saturated carbocycles. The number of aromatic nitrogens is 4. The number of carbonyl (C=O) groups is 1. The molecule has 1 aromatic heterocycles. The maximum absolute atomic E-state index is 10.4. The first-order chi connectivity index (χ1) is 5.20. The van der Waals surface area contributed by atoms with E-state index in [1.807, 2.05) is 6.92 Å². The van der Waals surface area contributed by atoms with Crippen LogP contribution in [-0.2, 0) is 4.79 Å². The van der Waals surface area contributed by atoms with Crippen molar-refractivity contribution in [2.24, 2.45) is 0 Å². The van der Waals surface area contributed by atoms with Gasteiger partial charge in [0.05, 0.1) is 6.04 Å². The zero-order valence-electron chi connectivity index (χ0n) is 5.94. The van der Waals surface area contributed by atoms with Gasteiger partial charge in [-0.3, -0.25) is 4.79 Å². The Morgan fingerprint density at radius 3 is 3.00 bits per heavy atom. The van der Waals surface area contributed by atoms with E-state index in [9.17, 15) is 4.79 Å². The second-order valence-electron chi connectivity index (χ2n) is 2.20. The molecule has 0 amide bonds. The van der Waals surface area contributed by atoms with Gasteiger partial charge in [0, 0.05) is 6.42 Å². The molecule has 1 heterocycles. The zero-order chi connectivity index (χ0) is 8.27. The van der Waals surface area contributed by atoms with Crippen LogP contribution in [0.15, 0.2) is 6.33 Å². The van der Waals surface area contributed by atoms with E-state index in [0.717, 1.165) is 0 Å². The van der Waals surface area contributed by atoms with Gasteiger partial charge in [-0.2, -0.15) is 0 Å². The molecule has 0 saturated heterocycles. The van der Waals surface area contributed by atoms with Crippen LogP contribution in [0.3, 0.4) is 0 Å². The molecule has 1 atom stereocenters. The number of tetrazole rings is 1. The number of rotatable bonds is 3. The summed E-state index contributed by atoms with van der Waals surface area (Å²) in [4.78, 5) is 10.4. The second kappa shape index (κ2) is 3.43. The summed E-state index contributed by atoms with van der Waals surface area (Å²) in [6, 6.07) is -0.0741. The first-order valence-electron chi connectivity index (χ1n) is 3.11. The quantitative estimate of drug-likeness (QED) is 0.622. The average Bonchev–Trinajstić information content (AvgIpc) is 2.35. The van der Waals surface area contributed by atoms with Gasteiger partial charge in [-0.25, -0.2) is 4.68 Å². The summed E-state index contributed by atoms with van der Waals surface area (Å²) in [5.41, 5.74) is 0. The fourth-order valence-corrected chi connectivity index (χ4v) is 0.919. The summed E-state index contributed by atoms with van der Waals surface area (Å²) in [5, 5.41) is 10.1. The van der Waals surface area contributed by atoms with Crippen molar-refractivity contribution in [2.75, 3.05) is 0 Å². The minimum Gasteiger partial charge on any atom is -0.281 e. The molecule has 0 unspecified atom stereocenters. The lowest BCUT2D eigenvalue weighted by Crippen LogP contribution is -2.08. The highest BCUT2D eigenvalue weighted by atomic mass is 35.5. The van der Waals surface area contributed by atoms with E-state index in [-0.39, 0.29) is 17.7 Å². The van der Waals surface area contributed by atoms with Gasteiger partial charge >= 0.3 is 0 Å². The smallest absolute Gasteiger partial charge is 0.223 e. The molecule has 6 heteroatoms. The Hall–Kier alpha value is -0.970. The summed E-state index contributed by atoms with van der Waals surface area (Å²) >= 11 is 5.17. The van der Waals surface area contributed by atoms with Crippen LogP contribution in [0.25, 0.3) is 0 Å². The lowest BCUT2D eigenvalue weighted by Gasteiger charge is -2.05. The molecular weight excluding hydrogens is 168 g/mol. The molecule has 0 aliphatic carbocycles. The second-order valence-corrected chi connectivity index (χ2v) is 2.62. The van der Waals surface area contributed by atoms with Crippen molar-refractivity contribution in [1.82, 2.24) is 20.2 Å². The monoisotopic (exact) mass is 174 g/mol. The SMILES string of the molecule is C[C@H](CC(=O)Cl)n1cnnn1. The Morgan fingerprint density at radius 2 is 2.55 bits per heavy atom. The van der Waals surface area contributed by atoms with Gasteiger partial charge in [0.15, 0.2) is 0 Å². The van der Waals surface area contributed by atoms with Crippen molar-refractivity contribution in [3.63, 3.8) is 0 Å². The van der Waals surface area contributed by atoms with Gasteiger partial charge in [-0.15, -0.1) is 5.10 Å². The minimum absolute atomic E-state index is 0.0741. The standard InChI is InChI=1S/C5H7ClN4O/c1-4(2-5(6)11)10-3-7-8-9-10/h3-4H,2H2,1H3/t4-/m1/s1. The highest BCUT2D eigenvalue weighted by molar-refractivity contribution is 6.63. The molecule has 0 aromatic carbocycles. The molecule has 0 N–H and O–H groups in total. The zero-order valence-corrected chi connectivity index (χ0v) is 6.69. The van der Waals surface area contributed by atoms with E-state index < -0.39 is 0 Å². The first-order valence-corrected chi connectivity index (χ1v) is 3.48. The van der Waals surface area contributed by atoms with E-state index >= 15 is 0 Å². The molecule has 0 aliphatic rings. The largest absolute Gasteiger partial charge is 0.281 e. The molecule has 0 fully saturated rings. The summed E-state index contributed by atoms with van der Waals surface area (Å²) in [6.07, 6.45) is 1.69. The normalized spacial score (nSPS) is 12.9. The maximum atomic E-state index is 10.4. The van der Waals surface area contributed by atoms with Crippen LogP contribution in [0, 0.1) is 0 Å². The van der Waals surface area contributed by atoms with Gasteiger partial charge in [0.1, 0.15) is 6.33 Å². The molecule has 1 aromatic rings. The van der Waals surface area contributed by atoms with Gasteiger partial charge in [0.2, 0.25) is 5.24 Å². The topological polar surface area (TPSA) is 60.7 Å². The molecule has 1 rings (SSSR count). The molecule has 0 aliphatic heterocycles. The van der Waals surface area contributed by atoms with E-state index in [1.54, 1.807) is 0 Å². The van der Waals surface area contributed by atoms with Crippen LogP contribution in [0.4, 0.5) is 0 Å². The molecule has 60 valence electrons. The molecule has 0 bridgehead atoms. The highest BCUT2D eigenvalue weighted by Gasteiger charge is 2.08. The highest BCUT2D eigenvalue weighted by Crippen LogP contribution is 2.08. The first kappa shape index (κ1) is 8.13. The third kappa shape index (κ3) is 2.27. The lowest BCUT2D eigenvalue weighted by molar-refractivity contribution is -0.112. The van der Waals surface area contributed by atoms with Crippen LogP contribution in [-0.4, -0.2) is 25.4 Å². The van der Waals surface area contributed by atoms with Gasteiger partial charge in [-0.05, 0) is 29.0 Å². The number of hydrogen-bond donors (Lipinski definition) is 0. The van der Waals surface area contributed by atoms with E-state index in [1.165, 1.54) is 11.0 Å². The summed E-state index contributed by atoms with van der Waals surface area (Å²) in [7, 11) is 0. The van der Waals surface area contributed by atoms with Crippen LogP contribution >= 0.6 is 11.6 Å². The Morgan fingerprint density at radius 1 is 1.82 bits per heavy atom. The van der Waals surface area contributed by atoms with Gasteiger partial charge < -0.3 is 0 Å². The molecule has 0 radical (unpaired) electrons. The van der Waals surface area contributed by atoms with Gasteiger partial charge in [0.25, 0.3) is 0 Å². The van der Waals surface area contributed by atoms with Crippen molar-refractivity contribution >= 4 is 16.8 Å².